The molecule has 31 heavy (non-hydrogen) atoms. The third-order valence-electron chi connectivity index (χ3n) is 5.82. The zero-order valence-corrected chi connectivity index (χ0v) is 18.0. The highest BCUT2D eigenvalue weighted by Crippen LogP contribution is 2.41. The number of fused-ring (bicyclic) bond motifs is 1. The van der Waals surface area contributed by atoms with Gasteiger partial charge in [-0.1, -0.05) is 78.4 Å². The summed E-state index contributed by atoms with van der Waals surface area (Å²) < 4.78 is 34.6. The average molecular weight is 430 g/mol. The van der Waals surface area contributed by atoms with Crippen LogP contribution in [0.3, 0.4) is 0 Å². The molecular formula is C26H23NO3S. The Labute approximate surface area is 182 Å². The zero-order chi connectivity index (χ0) is 21.4. The van der Waals surface area contributed by atoms with Gasteiger partial charge in [0.1, 0.15) is 0 Å². The van der Waals surface area contributed by atoms with Gasteiger partial charge in [0.05, 0.1) is 23.1 Å². The molecule has 0 saturated carbocycles. The van der Waals surface area contributed by atoms with Gasteiger partial charge in [0, 0.05) is 23.1 Å². The second kappa shape index (κ2) is 7.84. The summed E-state index contributed by atoms with van der Waals surface area (Å²) in [6.07, 6.45) is 5.65. The van der Waals surface area contributed by atoms with E-state index in [0.29, 0.717) is 12.1 Å². The van der Waals surface area contributed by atoms with Crippen LogP contribution in [0, 0.1) is 6.92 Å². The van der Waals surface area contributed by atoms with Crippen LogP contribution in [0.2, 0.25) is 0 Å². The maximum Gasteiger partial charge on any atom is 0.268 e. The molecule has 1 aliphatic heterocycles. The Morgan fingerprint density at radius 3 is 2.39 bits per heavy atom. The van der Waals surface area contributed by atoms with E-state index in [4.69, 9.17) is 4.74 Å². The Kier molecular flexibility index (Phi) is 5.00. The SMILES string of the molecule is Cc1ccc(S(=O)(=O)n2cc([C@H]3OCC=C[C@@H]3c3ccccc3)c3ccccc32)cc1. The number of para-hydroxylation sites is 1. The molecule has 4 nitrogen and oxygen atoms in total. The first-order chi connectivity index (χ1) is 15.1. The van der Waals surface area contributed by atoms with Crippen molar-refractivity contribution in [1.29, 1.82) is 0 Å². The van der Waals surface area contributed by atoms with E-state index in [0.717, 1.165) is 22.1 Å². The van der Waals surface area contributed by atoms with E-state index < -0.39 is 10.0 Å². The Balaban J connectivity index is 1.68. The number of nitrogens with zero attached hydrogens (tertiary/aromatic N) is 1. The van der Waals surface area contributed by atoms with E-state index >= 15 is 0 Å². The maximum absolute atomic E-state index is 13.5. The standard InChI is InChI=1S/C26H23NO3S/c1-19-13-15-21(16-14-19)31(28,29)27-18-24(23-10-5-6-12-25(23)27)26-22(11-7-17-30-26)20-8-3-2-4-9-20/h2-16,18,22,26H,17H2,1H3/t22-,26+/m1/s1. The van der Waals surface area contributed by atoms with Crippen molar-refractivity contribution in [1.82, 2.24) is 3.97 Å². The fourth-order valence-corrected chi connectivity index (χ4v) is 5.61. The number of benzene rings is 3. The lowest BCUT2D eigenvalue weighted by molar-refractivity contribution is 0.0546. The summed E-state index contributed by atoms with van der Waals surface area (Å²) >= 11 is 0. The van der Waals surface area contributed by atoms with Gasteiger partial charge in [0.15, 0.2) is 0 Å². The molecule has 0 fully saturated rings. The molecule has 3 aromatic carbocycles. The fourth-order valence-electron chi connectivity index (χ4n) is 4.24. The molecule has 156 valence electrons. The van der Waals surface area contributed by atoms with Crippen LogP contribution in [-0.4, -0.2) is 19.0 Å². The van der Waals surface area contributed by atoms with Crippen LogP contribution in [0.5, 0.6) is 0 Å². The number of hydrogen-bond donors (Lipinski definition) is 0. The lowest BCUT2D eigenvalue weighted by atomic mass is 9.87. The highest BCUT2D eigenvalue weighted by Gasteiger charge is 2.30. The summed E-state index contributed by atoms with van der Waals surface area (Å²) in [4.78, 5) is 0.273. The normalized spacial score (nSPS) is 19.0. The van der Waals surface area contributed by atoms with Crippen LogP contribution in [0.15, 0.2) is 102 Å². The summed E-state index contributed by atoms with van der Waals surface area (Å²) in [7, 11) is -3.74. The molecule has 5 rings (SSSR count). The summed E-state index contributed by atoms with van der Waals surface area (Å²) in [5, 5.41) is 0.888. The van der Waals surface area contributed by atoms with Crippen LogP contribution in [0.25, 0.3) is 10.9 Å². The second-order valence-electron chi connectivity index (χ2n) is 7.83. The van der Waals surface area contributed by atoms with Gasteiger partial charge in [0.25, 0.3) is 10.0 Å². The molecule has 2 heterocycles. The minimum Gasteiger partial charge on any atom is -0.368 e. The number of aromatic nitrogens is 1. The van der Waals surface area contributed by atoms with E-state index in [9.17, 15) is 8.42 Å². The van der Waals surface area contributed by atoms with Gasteiger partial charge >= 0.3 is 0 Å². The van der Waals surface area contributed by atoms with Gasteiger partial charge < -0.3 is 4.74 Å². The molecule has 0 amide bonds. The molecule has 1 aliphatic rings. The van der Waals surface area contributed by atoms with Crippen molar-refractivity contribution >= 4 is 20.9 Å². The minimum atomic E-state index is -3.74. The molecule has 0 aliphatic carbocycles. The van der Waals surface area contributed by atoms with E-state index in [2.05, 4.69) is 18.2 Å². The van der Waals surface area contributed by atoms with Crippen molar-refractivity contribution in [2.24, 2.45) is 0 Å². The van der Waals surface area contributed by atoms with Gasteiger partial charge in [0.2, 0.25) is 0 Å². The largest absolute Gasteiger partial charge is 0.368 e. The lowest BCUT2D eigenvalue weighted by Gasteiger charge is -2.28. The number of hydrogen-bond acceptors (Lipinski definition) is 3. The quantitative estimate of drug-likeness (QED) is 0.397. The van der Waals surface area contributed by atoms with E-state index in [1.54, 1.807) is 18.3 Å². The summed E-state index contributed by atoms with van der Waals surface area (Å²) in [6, 6.07) is 24.8. The first-order valence-corrected chi connectivity index (χ1v) is 11.7. The number of rotatable bonds is 4. The van der Waals surface area contributed by atoms with Gasteiger partial charge in [-0.15, -0.1) is 0 Å². The van der Waals surface area contributed by atoms with Crippen LogP contribution in [-0.2, 0) is 14.8 Å². The Bertz CT molecular complexity index is 1350. The van der Waals surface area contributed by atoms with Gasteiger partial charge in [-0.2, -0.15) is 0 Å². The fraction of sp³-hybridized carbons (Fsp3) is 0.154. The number of ether oxygens (including phenoxy) is 1. The molecule has 0 radical (unpaired) electrons. The highest BCUT2D eigenvalue weighted by molar-refractivity contribution is 7.90. The van der Waals surface area contributed by atoms with Crippen LogP contribution in [0.4, 0.5) is 0 Å². The van der Waals surface area contributed by atoms with Crippen LogP contribution >= 0.6 is 0 Å². The Hall–Kier alpha value is -3.15. The highest BCUT2D eigenvalue weighted by atomic mass is 32.2. The summed E-state index contributed by atoms with van der Waals surface area (Å²) in [5.41, 5.74) is 3.69. The van der Waals surface area contributed by atoms with Gasteiger partial charge in [-0.3, -0.25) is 0 Å². The molecule has 5 heteroatoms. The Morgan fingerprint density at radius 2 is 1.61 bits per heavy atom. The molecule has 0 unspecified atom stereocenters. The molecule has 2 atom stereocenters. The van der Waals surface area contributed by atoms with Crippen molar-refractivity contribution in [3.05, 3.63) is 114 Å². The first kappa shape index (κ1) is 19.8. The van der Waals surface area contributed by atoms with E-state index in [1.807, 2.05) is 67.6 Å². The average Bonchev–Trinajstić information content (AvgIpc) is 3.20. The predicted octanol–water partition coefficient (Wildman–Crippen LogP) is 5.60. The summed E-state index contributed by atoms with van der Waals surface area (Å²) in [5.74, 6) is 0.0104. The van der Waals surface area contributed by atoms with Crippen molar-refractivity contribution in [2.75, 3.05) is 6.61 Å². The third kappa shape index (κ3) is 3.50. The number of aryl methyl sites for hydroxylation is 1. The van der Waals surface area contributed by atoms with Gasteiger partial charge in [-0.05, 0) is 30.7 Å². The molecule has 0 N–H and O–H groups in total. The lowest BCUT2D eigenvalue weighted by Crippen LogP contribution is -2.17. The predicted molar refractivity (Wildman–Crippen MR) is 123 cm³/mol. The maximum atomic E-state index is 13.5. The van der Waals surface area contributed by atoms with Crippen molar-refractivity contribution in [3.63, 3.8) is 0 Å². The van der Waals surface area contributed by atoms with Crippen LogP contribution in [0.1, 0.15) is 28.7 Å². The summed E-state index contributed by atoms with van der Waals surface area (Å²) in [6.45, 7) is 2.44. The van der Waals surface area contributed by atoms with Crippen molar-refractivity contribution in [2.45, 2.75) is 23.8 Å². The first-order valence-electron chi connectivity index (χ1n) is 10.3. The van der Waals surface area contributed by atoms with E-state index in [1.165, 1.54) is 3.97 Å². The molecule has 4 aromatic rings. The van der Waals surface area contributed by atoms with E-state index in [-0.39, 0.29) is 16.9 Å². The molecule has 0 spiro atoms. The second-order valence-corrected chi connectivity index (χ2v) is 9.65. The molecular weight excluding hydrogens is 406 g/mol. The molecule has 1 aromatic heterocycles. The van der Waals surface area contributed by atoms with Crippen LogP contribution < -0.4 is 0 Å². The van der Waals surface area contributed by atoms with Gasteiger partial charge in [-0.25, -0.2) is 12.4 Å². The topological polar surface area (TPSA) is 48.3 Å². The molecule has 0 bridgehead atoms. The zero-order valence-electron chi connectivity index (χ0n) is 17.2. The third-order valence-corrected chi connectivity index (χ3v) is 7.51. The monoisotopic (exact) mass is 429 g/mol. The minimum absolute atomic E-state index is 0.0104. The Morgan fingerprint density at radius 1 is 0.903 bits per heavy atom. The van der Waals surface area contributed by atoms with Crippen molar-refractivity contribution < 1.29 is 13.2 Å². The van der Waals surface area contributed by atoms with Crippen molar-refractivity contribution in [3.8, 4) is 0 Å². The molecule has 0 saturated heterocycles. The smallest absolute Gasteiger partial charge is 0.268 e.